The summed E-state index contributed by atoms with van der Waals surface area (Å²) in [5.74, 6) is 0.257. The quantitative estimate of drug-likeness (QED) is 0.644. The number of pyridine rings is 2. The smallest absolute Gasteiger partial charge is 0.240 e. The summed E-state index contributed by atoms with van der Waals surface area (Å²) in [6, 6.07) is 5.64. The maximum absolute atomic E-state index is 5.70. The standard InChI is InChI=1S/C11H10N6/c12-9-3-8(4-14-5-9)7-1-2-10-15-11(13)16-17(10)6-7/h1-6H,12H2,(H2,13,16). The van der Waals surface area contributed by atoms with Gasteiger partial charge in [-0.1, -0.05) is 0 Å². The topological polar surface area (TPSA) is 95.1 Å². The van der Waals surface area contributed by atoms with Gasteiger partial charge in [-0.25, -0.2) is 4.52 Å². The molecule has 17 heavy (non-hydrogen) atoms. The molecule has 3 aromatic rings. The normalized spacial score (nSPS) is 10.8. The fourth-order valence-electron chi connectivity index (χ4n) is 1.69. The molecule has 0 aliphatic heterocycles. The van der Waals surface area contributed by atoms with Gasteiger partial charge in [0.05, 0.1) is 5.69 Å². The molecule has 3 aromatic heterocycles. The molecule has 0 aromatic carbocycles. The molecule has 6 nitrogen and oxygen atoms in total. The Labute approximate surface area is 96.9 Å². The van der Waals surface area contributed by atoms with E-state index in [1.165, 1.54) is 0 Å². The zero-order valence-corrected chi connectivity index (χ0v) is 8.91. The van der Waals surface area contributed by atoms with Gasteiger partial charge in [-0.2, -0.15) is 4.98 Å². The molecule has 0 fully saturated rings. The van der Waals surface area contributed by atoms with Crippen LogP contribution in [0.5, 0.6) is 0 Å². The third-order valence-corrected chi connectivity index (χ3v) is 2.44. The lowest BCUT2D eigenvalue weighted by Crippen LogP contribution is -1.92. The lowest BCUT2D eigenvalue weighted by molar-refractivity contribution is 0.969. The van der Waals surface area contributed by atoms with Crippen molar-refractivity contribution < 1.29 is 0 Å². The van der Waals surface area contributed by atoms with E-state index in [-0.39, 0.29) is 5.95 Å². The Morgan fingerprint density at radius 2 is 1.94 bits per heavy atom. The van der Waals surface area contributed by atoms with Crippen molar-refractivity contribution in [3.63, 3.8) is 0 Å². The molecule has 0 amide bonds. The highest BCUT2D eigenvalue weighted by atomic mass is 15.3. The SMILES string of the molecule is Nc1cncc(-c2ccc3nc(N)nn3c2)c1. The number of fused-ring (bicyclic) bond motifs is 1. The van der Waals surface area contributed by atoms with Gasteiger partial charge in [0, 0.05) is 29.7 Å². The van der Waals surface area contributed by atoms with Crippen molar-refractivity contribution in [1.29, 1.82) is 0 Å². The Morgan fingerprint density at radius 1 is 1.06 bits per heavy atom. The van der Waals surface area contributed by atoms with Gasteiger partial charge < -0.3 is 11.5 Å². The van der Waals surface area contributed by atoms with E-state index in [1.807, 2.05) is 24.4 Å². The van der Waals surface area contributed by atoms with Crippen LogP contribution in [0.1, 0.15) is 0 Å². The second kappa shape index (κ2) is 3.44. The Hall–Kier alpha value is -2.63. The minimum absolute atomic E-state index is 0.257. The number of aromatic nitrogens is 4. The van der Waals surface area contributed by atoms with E-state index in [0.717, 1.165) is 11.1 Å². The summed E-state index contributed by atoms with van der Waals surface area (Å²) in [4.78, 5) is 8.11. The van der Waals surface area contributed by atoms with Gasteiger partial charge in [0.25, 0.3) is 0 Å². The minimum Gasteiger partial charge on any atom is -0.397 e. The first-order valence-corrected chi connectivity index (χ1v) is 5.05. The zero-order chi connectivity index (χ0) is 11.8. The maximum atomic E-state index is 5.70. The minimum atomic E-state index is 0.257. The van der Waals surface area contributed by atoms with E-state index in [2.05, 4.69) is 15.1 Å². The van der Waals surface area contributed by atoms with Crippen molar-refractivity contribution in [3.05, 3.63) is 36.8 Å². The van der Waals surface area contributed by atoms with E-state index in [1.54, 1.807) is 16.9 Å². The van der Waals surface area contributed by atoms with Gasteiger partial charge in [0.15, 0.2) is 5.65 Å². The fourth-order valence-corrected chi connectivity index (χ4v) is 1.69. The summed E-state index contributed by atoms with van der Waals surface area (Å²) in [6.07, 6.45) is 5.20. The Balaban J connectivity index is 2.17. The highest BCUT2D eigenvalue weighted by molar-refractivity contribution is 5.66. The van der Waals surface area contributed by atoms with Crippen LogP contribution in [0.15, 0.2) is 36.8 Å². The molecule has 3 rings (SSSR count). The van der Waals surface area contributed by atoms with Crippen LogP contribution >= 0.6 is 0 Å². The first-order valence-electron chi connectivity index (χ1n) is 5.05. The van der Waals surface area contributed by atoms with Crippen molar-refractivity contribution in [2.45, 2.75) is 0 Å². The van der Waals surface area contributed by atoms with E-state index < -0.39 is 0 Å². The van der Waals surface area contributed by atoms with E-state index in [0.29, 0.717) is 11.3 Å². The lowest BCUT2D eigenvalue weighted by atomic mass is 10.1. The monoisotopic (exact) mass is 226 g/mol. The van der Waals surface area contributed by atoms with Crippen LogP contribution in [0, 0.1) is 0 Å². The molecule has 0 saturated carbocycles. The summed E-state index contributed by atoms with van der Waals surface area (Å²) < 4.78 is 1.63. The molecule has 0 spiro atoms. The molecule has 6 heteroatoms. The van der Waals surface area contributed by atoms with Crippen LogP contribution in [0.25, 0.3) is 16.8 Å². The van der Waals surface area contributed by atoms with Gasteiger partial charge in [0.1, 0.15) is 0 Å². The molecule has 0 saturated heterocycles. The van der Waals surface area contributed by atoms with E-state index in [9.17, 15) is 0 Å². The zero-order valence-electron chi connectivity index (χ0n) is 8.91. The average molecular weight is 226 g/mol. The molecule has 0 unspecified atom stereocenters. The molecule has 0 aliphatic rings. The van der Waals surface area contributed by atoms with Crippen LogP contribution in [-0.4, -0.2) is 19.6 Å². The summed E-state index contributed by atoms with van der Waals surface area (Å²) in [5, 5.41) is 4.05. The summed E-state index contributed by atoms with van der Waals surface area (Å²) in [5.41, 5.74) is 14.5. The van der Waals surface area contributed by atoms with Crippen LogP contribution in [0.4, 0.5) is 11.6 Å². The number of nitrogen functional groups attached to an aromatic ring is 2. The Kier molecular flexibility index (Phi) is 1.94. The number of nitrogens with zero attached hydrogens (tertiary/aromatic N) is 4. The second-order valence-corrected chi connectivity index (χ2v) is 3.70. The van der Waals surface area contributed by atoms with Crippen molar-refractivity contribution in [3.8, 4) is 11.1 Å². The molecular weight excluding hydrogens is 216 g/mol. The van der Waals surface area contributed by atoms with Crippen LogP contribution < -0.4 is 11.5 Å². The number of nitrogens with two attached hydrogens (primary N) is 2. The summed E-state index contributed by atoms with van der Waals surface area (Å²) in [6.45, 7) is 0. The predicted octanol–water partition coefficient (Wildman–Crippen LogP) is 0.956. The van der Waals surface area contributed by atoms with Crippen molar-refractivity contribution in [2.24, 2.45) is 0 Å². The van der Waals surface area contributed by atoms with Crippen LogP contribution in [-0.2, 0) is 0 Å². The van der Waals surface area contributed by atoms with Crippen molar-refractivity contribution in [1.82, 2.24) is 19.6 Å². The van der Waals surface area contributed by atoms with Gasteiger partial charge in [-0.3, -0.25) is 4.98 Å². The molecule has 0 radical (unpaired) electrons. The first kappa shape index (κ1) is 9.59. The van der Waals surface area contributed by atoms with Gasteiger partial charge in [-0.05, 0) is 18.2 Å². The molecule has 0 aliphatic carbocycles. The van der Waals surface area contributed by atoms with Crippen LogP contribution in [0.2, 0.25) is 0 Å². The molecule has 0 bridgehead atoms. The van der Waals surface area contributed by atoms with Crippen LogP contribution in [0.3, 0.4) is 0 Å². The molecular formula is C11H10N6. The van der Waals surface area contributed by atoms with E-state index in [4.69, 9.17) is 11.5 Å². The maximum Gasteiger partial charge on any atom is 0.240 e. The second-order valence-electron chi connectivity index (χ2n) is 3.70. The number of rotatable bonds is 1. The third kappa shape index (κ3) is 1.65. The highest BCUT2D eigenvalue weighted by Crippen LogP contribution is 2.20. The van der Waals surface area contributed by atoms with Gasteiger partial charge in [-0.15, -0.1) is 5.10 Å². The molecule has 0 atom stereocenters. The number of hydrogen-bond donors (Lipinski definition) is 2. The van der Waals surface area contributed by atoms with E-state index >= 15 is 0 Å². The number of hydrogen-bond acceptors (Lipinski definition) is 5. The Morgan fingerprint density at radius 3 is 2.76 bits per heavy atom. The highest BCUT2D eigenvalue weighted by Gasteiger charge is 2.03. The average Bonchev–Trinajstić information content (AvgIpc) is 2.68. The molecule has 84 valence electrons. The summed E-state index contributed by atoms with van der Waals surface area (Å²) in [7, 11) is 0. The fraction of sp³-hybridized carbons (Fsp3) is 0. The molecule has 4 N–H and O–H groups in total. The number of anilines is 2. The van der Waals surface area contributed by atoms with Gasteiger partial charge in [0.2, 0.25) is 5.95 Å². The first-order chi connectivity index (χ1) is 8.22. The summed E-state index contributed by atoms with van der Waals surface area (Å²) >= 11 is 0. The predicted molar refractivity (Wildman–Crippen MR) is 65.0 cm³/mol. The largest absolute Gasteiger partial charge is 0.397 e. The lowest BCUT2D eigenvalue weighted by Gasteiger charge is -2.02. The molecule has 3 heterocycles. The van der Waals surface area contributed by atoms with Gasteiger partial charge >= 0.3 is 0 Å². The van der Waals surface area contributed by atoms with Crippen molar-refractivity contribution >= 4 is 17.3 Å². The Bertz CT molecular complexity index is 687. The van der Waals surface area contributed by atoms with Crippen molar-refractivity contribution in [2.75, 3.05) is 11.5 Å². The third-order valence-electron chi connectivity index (χ3n) is 2.44.